The zero-order chi connectivity index (χ0) is 95.1. The molecule has 0 atom stereocenters. The number of nitrogens with zero attached hydrogens (tertiary/aromatic N) is 20. The smallest absolute Gasteiger partial charge is 0.320 e. The van der Waals surface area contributed by atoms with Crippen LogP contribution in [0.4, 0.5) is 0 Å². The molecular formula is C100H212N20O6. The normalized spacial score (nSPS) is 22.8. The first-order chi connectivity index (χ1) is 59.3. The van der Waals surface area contributed by atoms with Crippen molar-refractivity contribution >= 4 is 23.7 Å². The number of rotatable bonds is 13. The molecule has 13 heterocycles. The number of cyclic esters (lactones) is 1. The largest absolute Gasteiger partial charge is 0.463 e. The van der Waals surface area contributed by atoms with E-state index in [2.05, 4.69) is 292 Å². The van der Waals surface area contributed by atoms with E-state index in [4.69, 9.17) is 9.47 Å². The first-order valence-corrected chi connectivity index (χ1v) is 51.2. The van der Waals surface area contributed by atoms with Gasteiger partial charge in [0, 0.05) is 224 Å². The summed E-state index contributed by atoms with van der Waals surface area (Å²) < 4.78 is 9.99. The molecular weight excluding hydrogens is 1580 g/mol. The molecule has 0 aromatic heterocycles. The summed E-state index contributed by atoms with van der Waals surface area (Å²) in [4.78, 5) is 90.5. The van der Waals surface area contributed by atoms with Crippen molar-refractivity contribution in [1.82, 2.24) is 98.0 Å². The van der Waals surface area contributed by atoms with Crippen molar-refractivity contribution in [1.29, 1.82) is 0 Å². The third-order valence-electron chi connectivity index (χ3n) is 26.9. The Labute approximate surface area is 780 Å². The maximum atomic E-state index is 11.3. The van der Waals surface area contributed by atoms with Crippen LogP contribution in [0.25, 0.3) is 0 Å². The van der Waals surface area contributed by atoms with Crippen molar-refractivity contribution in [3.05, 3.63) is 0 Å². The Bertz CT molecular complexity index is 2590. The molecule has 13 rings (SSSR count). The van der Waals surface area contributed by atoms with Crippen molar-refractivity contribution in [3.8, 4) is 0 Å². The summed E-state index contributed by atoms with van der Waals surface area (Å²) in [5.74, 6) is 0.650. The molecule has 26 heteroatoms. The van der Waals surface area contributed by atoms with Gasteiger partial charge in [0.2, 0.25) is 17.7 Å². The Hall–Kier alpha value is -2.84. The molecule has 748 valence electrons. The molecule has 126 heavy (non-hydrogen) atoms. The summed E-state index contributed by atoms with van der Waals surface area (Å²) in [5, 5.41) is 0. The van der Waals surface area contributed by atoms with Gasteiger partial charge in [0.15, 0.2) is 0 Å². The lowest BCUT2D eigenvalue weighted by Gasteiger charge is -2.35. The van der Waals surface area contributed by atoms with Gasteiger partial charge in [-0.05, 0) is 331 Å². The van der Waals surface area contributed by atoms with Crippen LogP contribution < -0.4 is 0 Å². The molecule has 0 bridgehead atoms. The van der Waals surface area contributed by atoms with Crippen LogP contribution >= 0.6 is 0 Å². The quantitative estimate of drug-likeness (QED) is 0.161. The van der Waals surface area contributed by atoms with Crippen LogP contribution in [0.1, 0.15) is 263 Å². The number of ether oxygens (including phenoxy) is 2. The van der Waals surface area contributed by atoms with Gasteiger partial charge in [-0.3, -0.25) is 73.1 Å². The Morgan fingerprint density at radius 1 is 0.190 bits per heavy atom. The first-order valence-electron chi connectivity index (χ1n) is 51.2. The third kappa shape index (κ3) is 56.4. The number of hydrogen-bond donors (Lipinski definition) is 0. The highest BCUT2D eigenvalue weighted by Crippen LogP contribution is 2.17. The number of hydrogen-bond acceptors (Lipinski definition) is 23. The number of morpholine rings is 2. The molecule has 13 aliphatic heterocycles. The molecule has 0 unspecified atom stereocenters. The summed E-state index contributed by atoms with van der Waals surface area (Å²) in [6.07, 6.45) is 17.6. The highest BCUT2D eigenvalue weighted by Gasteiger charge is 2.28. The predicted octanol–water partition coefficient (Wildman–Crippen LogP) is 11.8. The molecule has 0 radical (unpaired) electrons. The highest BCUT2D eigenvalue weighted by atomic mass is 16.5. The van der Waals surface area contributed by atoms with Crippen molar-refractivity contribution in [2.45, 2.75) is 342 Å². The molecule has 3 amide bonds. The number of carbonyl (C=O) groups is 4. The van der Waals surface area contributed by atoms with E-state index in [9.17, 15) is 19.2 Å². The summed E-state index contributed by atoms with van der Waals surface area (Å²) in [6.45, 7) is 98.3. The molecule has 0 aromatic rings. The van der Waals surface area contributed by atoms with Crippen LogP contribution in [0.2, 0.25) is 0 Å². The number of piperidine rings is 1. The van der Waals surface area contributed by atoms with Crippen molar-refractivity contribution in [3.63, 3.8) is 0 Å². The first kappa shape index (κ1) is 121. The van der Waals surface area contributed by atoms with Gasteiger partial charge >= 0.3 is 5.97 Å². The number of likely N-dealkylation sites (tertiary alicyclic amines) is 4. The van der Waals surface area contributed by atoms with E-state index in [0.717, 1.165) is 128 Å². The van der Waals surface area contributed by atoms with E-state index in [1.54, 1.807) is 9.80 Å². The number of piperazine rings is 2. The molecule has 0 saturated carbocycles. The second-order valence-electron chi connectivity index (χ2n) is 41.6. The van der Waals surface area contributed by atoms with Crippen LogP contribution in [0, 0.1) is 0 Å². The average Bonchev–Trinajstić information content (AvgIpc) is 1.27. The van der Waals surface area contributed by atoms with E-state index in [-0.39, 0.29) is 23.7 Å². The molecule has 13 saturated heterocycles. The standard InChI is InChI=1S/C9H18N2O.C9H20N2.C9H19N.C8H16N2O.2C8H18N2.C8H17N.C7H14N2O.C7H16N2.C7H13NO2.C7H15NO.C7H15N.C6H13N/c1-8(2)11-5-4-9(12)10(3)6-7-11;1-9(2)11-6-4-5-10(3)7-8-11;1-9(2)10-7-5-3-4-6-8-10;1-7(2)10-5-4-9(3)8(11)6-10;1-8(2)10-6-4-9(3)5-7-10;1-8(2)10-6-4-5-9(3)7-10;1-8(2)9-6-4-3-5-7-9;1-6(2)9-4-7(10)8(3)5-9;1-7(2)9-5-4-8(3)6-9;1-6(2)8-3-4-10-7(9)5-8;1-7(2)8-3-5-9-6-4-8;1-7(2)8-5-3-4-6-8;1-6(2)7-4-3-5-7/h8H,4-7H2,1-3H3;9H,4-8H2,1-3H3;9H,3-8H2,1-2H3;7H,4-6H2,1-3H3;2*8H,4-7H2,1-3H3;8H,3-7H2,1-2H3;6H,4-5H2,1-3H3;7H,4-6H2,1-3H3;6H,3-5H2,1-2H3;7H,3-6H2,1-2H3;7H,3-6H2,1-2H3;6H,3-5H2,1-2H3. The van der Waals surface area contributed by atoms with Gasteiger partial charge in [0.25, 0.3) is 0 Å². The number of likely N-dealkylation sites (N-methyl/N-ethyl adjacent to an activating group) is 6. The maximum absolute atomic E-state index is 11.3. The fourth-order valence-electron chi connectivity index (χ4n) is 16.5. The summed E-state index contributed by atoms with van der Waals surface area (Å²) >= 11 is 0. The second-order valence-corrected chi connectivity index (χ2v) is 41.6. The fraction of sp³-hybridized carbons (Fsp3) is 0.960. The minimum atomic E-state index is -0.0973. The number of esters is 1. The second kappa shape index (κ2) is 69.9. The monoisotopic (exact) mass is 1790 g/mol. The minimum absolute atomic E-state index is 0.0973. The molecule has 0 N–H and O–H groups in total. The van der Waals surface area contributed by atoms with Gasteiger partial charge in [-0.25, -0.2) is 0 Å². The molecule has 13 fully saturated rings. The number of amides is 3. The van der Waals surface area contributed by atoms with Crippen molar-refractivity contribution in [2.75, 3.05) is 292 Å². The Morgan fingerprint density at radius 2 is 0.437 bits per heavy atom. The highest BCUT2D eigenvalue weighted by molar-refractivity contribution is 5.80. The van der Waals surface area contributed by atoms with Crippen molar-refractivity contribution in [2.24, 2.45) is 0 Å². The Balaban J connectivity index is 0.000000684. The zero-order valence-corrected chi connectivity index (χ0v) is 89.3. The van der Waals surface area contributed by atoms with Gasteiger partial charge in [0.05, 0.1) is 52.9 Å². The summed E-state index contributed by atoms with van der Waals surface area (Å²) in [5.41, 5.74) is 0. The van der Waals surface area contributed by atoms with Crippen LogP contribution in [-0.4, -0.2) is 492 Å². The van der Waals surface area contributed by atoms with E-state index in [0.29, 0.717) is 68.9 Å². The minimum Gasteiger partial charge on any atom is -0.463 e. The van der Waals surface area contributed by atoms with Crippen LogP contribution in [0.5, 0.6) is 0 Å². The molecule has 13 aliphatic rings. The van der Waals surface area contributed by atoms with Crippen LogP contribution in [0.15, 0.2) is 0 Å². The van der Waals surface area contributed by atoms with Gasteiger partial charge in [0.1, 0.15) is 6.61 Å². The van der Waals surface area contributed by atoms with Gasteiger partial charge in [-0.2, -0.15) is 0 Å². The lowest BCUT2D eigenvalue weighted by Crippen LogP contribution is -2.50. The van der Waals surface area contributed by atoms with Gasteiger partial charge in [-0.1, -0.05) is 19.3 Å². The van der Waals surface area contributed by atoms with E-state index in [1.165, 1.54) is 208 Å². The van der Waals surface area contributed by atoms with Gasteiger partial charge in [-0.15, -0.1) is 0 Å². The topological polar surface area (TPSA) is 152 Å². The van der Waals surface area contributed by atoms with E-state index >= 15 is 0 Å². The van der Waals surface area contributed by atoms with Crippen LogP contribution in [-0.2, 0) is 28.7 Å². The lowest BCUT2D eigenvalue weighted by molar-refractivity contribution is -0.151. The fourth-order valence-corrected chi connectivity index (χ4v) is 16.5. The van der Waals surface area contributed by atoms with Crippen LogP contribution in [0.3, 0.4) is 0 Å². The summed E-state index contributed by atoms with van der Waals surface area (Å²) in [6, 6.07) is 8.65. The van der Waals surface area contributed by atoms with E-state index in [1.807, 2.05) is 26.0 Å². The zero-order valence-electron chi connectivity index (χ0n) is 89.3. The Morgan fingerprint density at radius 3 is 0.762 bits per heavy atom. The Kier molecular flexibility index (Phi) is 67.2. The predicted molar refractivity (Wildman–Crippen MR) is 537 cm³/mol. The lowest BCUT2D eigenvalue weighted by atomic mass is 10.1. The SMILES string of the molecule is CC(C)N1CC(=O)N(C)C1.CC(C)N1CCC(=O)N(C)CC1.CC(C)N1CCC1.CC(C)N1CCCC1.CC(C)N1CCCCC1.CC(C)N1CCCCCC1.CC(C)N1CCCN(C)C1.CC(C)N1CCCN(C)CC1.CC(C)N1CCN(C)C(=O)C1.CC(C)N1CCN(C)C1.CC(C)N1CCN(C)CC1.CC(C)N1CCOC(=O)C1.CC(C)N1CCOCC1. The van der Waals surface area contributed by atoms with Gasteiger partial charge < -0.3 is 53.6 Å². The maximum Gasteiger partial charge on any atom is 0.320 e. The van der Waals surface area contributed by atoms with Crippen molar-refractivity contribution < 1.29 is 28.7 Å². The molecule has 26 nitrogen and oxygen atoms in total. The van der Waals surface area contributed by atoms with E-state index < -0.39 is 0 Å². The molecule has 0 aromatic carbocycles. The average molecular weight is 1790 g/mol. The number of carbonyl (C=O) groups excluding carboxylic acids is 4. The molecule has 0 spiro atoms. The summed E-state index contributed by atoms with van der Waals surface area (Å²) in [7, 11) is 14.3. The third-order valence-corrected chi connectivity index (χ3v) is 26.9. The molecule has 0 aliphatic carbocycles.